The van der Waals surface area contributed by atoms with Gasteiger partial charge in [0.25, 0.3) is 0 Å². The van der Waals surface area contributed by atoms with Crippen LogP contribution in [0.15, 0.2) is 66.0 Å². The van der Waals surface area contributed by atoms with Crippen molar-refractivity contribution in [1.82, 2.24) is 21.3 Å². The van der Waals surface area contributed by atoms with Gasteiger partial charge in [-0.2, -0.15) is 0 Å². The molecule has 0 fully saturated rings. The van der Waals surface area contributed by atoms with Gasteiger partial charge in [-0.15, -0.1) is 11.3 Å². The Morgan fingerprint density at radius 2 is 1.73 bits per heavy atom. The first-order valence-electron chi connectivity index (χ1n) is 14.8. The van der Waals surface area contributed by atoms with Crippen molar-refractivity contribution in [1.29, 1.82) is 0 Å². The molecular formula is C32H38N4O8S. The minimum atomic E-state index is -0.866. The van der Waals surface area contributed by atoms with Gasteiger partial charge < -0.3 is 40.2 Å². The second kappa shape index (κ2) is 17.5. The first-order chi connectivity index (χ1) is 21.9. The predicted molar refractivity (Wildman–Crippen MR) is 167 cm³/mol. The fourth-order valence-corrected chi connectivity index (χ4v) is 5.19. The number of hydrogen-bond donors (Lipinski definition) is 4. The quantitative estimate of drug-likeness (QED) is 0.132. The third-order valence-corrected chi connectivity index (χ3v) is 7.70. The van der Waals surface area contributed by atoms with Crippen LogP contribution in [0.1, 0.15) is 54.7 Å². The number of alkyl carbamates (subject to hydrolysis) is 1. The molecule has 13 heteroatoms. The molecule has 1 aromatic heterocycles. The monoisotopic (exact) mass is 638 g/mol. The Bertz CT molecular complexity index is 1400. The molecule has 4 N–H and O–H groups in total. The Morgan fingerprint density at radius 1 is 0.911 bits per heavy atom. The number of amides is 4. The molecule has 0 spiro atoms. The highest BCUT2D eigenvalue weighted by molar-refractivity contribution is 7.09. The summed E-state index contributed by atoms with van der Waals surface area (Å²) in [6, 6.07) is 16.1. The highest BCUT2D eigenvalue weighted by Gasteiger charge is 2.26. The number of fused-ring (bicyclic) bond motifs is 1. The highest BCUT2D eigenvalue weighted by Crippen LogP contribution is 2.35. The van der Waals surface area contributed by atoms with Crippen LogP contribution in [-0.2, 0) is 32.2 Å². The molecule has 3 aromatic rings. The summed E-state index contributed by atoms with van der Waals surface area (Å²) in [7, 11) is 0. The van der Waals surface area contributed by atoms with Gasteiger partial charge in [0.2, 0.25) is 12.7 Å². The Hall–Kier alpha value is -4.78. The standard InChI is InChI=1S/C32H38N4O8S/c1-2-41-29(37)18-26(23-13-14-27-28(17-23)44-21-43-27)36-31(39)35-25(30(38)34-19-24-11-8-16-45-24)12-6-7-15-33-32(40)42-20-22-9-4-3-5-10-22/h3-5,8-11,13-14,16-17,25-26H,2,6-7,12,15,18-21H2,1H3,(H,33,40)(H,34,38)(H2,35,36,39)/t25-,26-/m0/s1. The van der Waals surface area contributed by atoms with Crippen LogP contribution in [-0.4, -0.2) is 50.0 Å². The Balaban J connectivity index is 1.32. The third kappa shape index (κ3) is 11.0. The lowest BCUT2D eigenvalue weighted by atomic mass is 10.0. The number of benzene rings is 2. The number of nitrogens with one attached hydrogen (secondary N) is 4. The zero-order valence-corrected chi connectivity index (χ0v) is 25.9. The predicted octanol–water partition coefficient (Wildman–Crippen LogP) is 4.55. The molecule has 4 rings (SSSR count). The highest BCUT2D eigenvalue weighted by atomic mass is 32.1. The summed E-state index contributed by atoms with van der Waals surface area (Å²) in [4.78, 5) is 51.8. The van der Waals surface area contributed by atoms with Gasteiger partial charge in [-0.3, -0.25) is 9.59 Å². The van der Waals surface area contributed by atoms with Gasteiger partial charge in [-0.05, 0) is 60.9 Å². The van der Waals surface area contributed by atoms with Gasteiger partial charge in [0, 0.05) is 11.4 Å². The van der Waals surface area contributed by atoms with Crippen molar-refractivity contribution in [2.45, 2.75) is 57.8 Å². The van der Waals surface area contributed by atoms with Crippen molar-refractivity contribution < 1.29 is 38.1 Å². The van der Waals surface area contributed by atoms with Gasteiger partial charge in [0.1, 0.15) is 12.6 Å². The molecule has 0 aliphatic carbocycles. The van der Waals surface area contributed by atoms with Crippen molar-refractivity contribution in [3.05, 3.63) is 82.0 Å². The number of thiophene rings is 1. The molecule has 0 saturated carbocycles. The molecule has 12 nitrogen and oxygen atoms in total. The van der Waals surface area contributed by atoms with Crippen molar-refractivity contribution in [3.8, 4) is 11.5 Å². The molecule has 4 amide bonds. The smallest absolute Gasteiger partial charge is 0.407 e. The number of carbonyl (C=O) groups is 4. The number of carbonyl (C=O) groups excluding carboxylic acids is 4. The Kier molecular flexibility index (Phi) is 12.9. The van der Waals surface area contributed by atoms with Crippen LogP contribution in [0, 0.1) is 0 Å². The van der Waals surface area contributed by atoms with Gasteiger partial charge in [0.05, 0.1) is 25.6 Å². The molecule has 45 heavy (non-hydrogen) atoms. The van der Waals surface area contributed by atoms with Crippen molar-refractivity contribution in [2.24, 2.45) is 0 Å². The lowest BCUT2D eigenvalue weighted by Crippen LogP contribution is -2.50. The molecule has 240 valence electrons. The van der Waals surface area contributed by atoms with Crippen molar-refractivity contribution in [2.75, 3.05) is 19.9 Å². The van der Waals surface area contributed by atoms with E-state index in [4.69, 9.17) is 18.9 Å². The number of hydrogen-bond acceptors (Lipinski definition) is 9. The summed E-state index contributed by atoms with van der Waals surface area (Å²) in [5, 5.41) is 13.1. The summed E-state index contributed by atoms with van der Waals surface area (Å²) >= 11 is 1.51. The molecule has 0 bridgehead atoms. The van der Waals surface area contributed by atoms with Crippen LogP contribution in [0.3, 0.4) is 0 Å². The molecule has 0 radical (unpaired) electrons. The van der Waals surface area contributed by atoms with Crippen molar-refractivity contribution in [3.63, 3.8) is 0 Å². The van der Waals surface area contributed by atoms with Gasteiger partial charge >= 0.3 is 18.1 Å². The molecule has 1 aliphatic rings. The molecule has 2 heterocycles. The van der Waals surface area contributed by atoms with E-state index in [9.17, 15) is 19.2 Å². The van der Waals surface area contributed by atoms with Crippen LogP contribution >= 0.6 is 11.3 Å². The van der Waals surface area contributed by atoms with Gasteiger partial charge in [-0.25, -0.2) is 9.59 Å². The van der Waals surface area contributed by atoms with E-state index < -0.39 is 30.2 Å². The molecule has 0 saturated heterocycles. The molecular weight excluding hydrogens is 600 g/mol. The summed E-state index contributed by atoms with van der Waals surface area (Å²) in [6.07, 6.45) is 0.753. The number of esters is 1. The maximum Gasteiger partial charge on any atom is 0.407 e. The van der Waals surface area contributed by atoms with E-state index in [1.54, 1.807) is 25.1 Å². The second-order valence-corrected chi connectivity index (χ2v) is 11.2. The van der Waals surface area contributed by atoms with Crippen LogP contribution in [0.4, 0.5) is 9.59 Å². The minimum absolute atomic E-state index is 0.0852. The zero-order valence-electron chi connectivity index (χ0n) is 25.0. The minimum Gasteiger partial charge on any atom is -0.466 e. The largest absolute Gasteiger partial charge is 0.466 e. The van der Waals surface area contributed by atoms with E-state index in [1.807, 2.05) is 47.8 Å². The van der Waals surface area contributed by atoms with Crippen LogP contribution < -0.4 is 30.7 Å². The van der Waals surface area contributed by atoms with Gasteiger partial charge in [-0.1, -0.05) is 42.5 Å². The van der Waals surface area contributed by atoms with E-state index in [0.717, 1.165) is 10.4 Å². The molecule has 0 unspecified atom stereocenters. The number of urea groups is 1. The van der Waals surface area contributed by atoms with E-state index >= 15 is 0 Å². The topological polar surface area (TPSA) is 153 Å². The zero-order chi connectivity index (χ0) is 31.9. The van der Waals surface area contributed by atoms with E-state index in [1.165, 1.54) is 11.3 Å². The number of rotatable bonds is 16. The van der Waals surface area contributed by atoms with Crippen LogP contribution in [0.5, 0.6) is 11.5 Å². The van der Waals surface area contributed by atoms with E-state index in [0.29, 0.717) is 49.4 Å². The first-order valence-corrected chi connectivity index (χ1v) is 15.7. The molecule has 2 aromatic carbocycles. The lowest BCUT2D eigenvalue weighted by molar-refractivity contribution is -0.143. The fraction of sp³-hybridized carbons (Fsp3) is 0.375. The average molecular weight is 639 g/mol. The SMILES string of the molecule is CCOC(=O)C[C@H](NC(=O)N[C@@H](CCCCNC(=O)OCc1ccccc1)C(=O)NCc1cccs1)c1ccc2c(c1)OCO2. The van der Waals surface area contributed by atoms with Crippen LogP contribution in [0.25, 0.3) is 0 Å². The van der Waals surface area contributed by atoms with Gasteiger partial charge in [0.15, 0.2) is 11.5 Å². The number of ether oxygens (including phenoxy) is 4. The van der Waals surface area contributed by atoms with E-state index in [-0.39, 0.29) is 32.3 Å². The maximum atomic E-state index is 13.2. The Labute approximate surface area is 265 Å². The average Bonchev–Trinajstić information content (AvgIpc) is 3.74. The summed E-state index contributed by atoms with van der Waals surface area (Å²) in [5.41, 5.74) is 1.50. The third-order valence-electron chi connectivity index (χ3n) is 6.82. The summed E-state index contributed by atoms with van der Waals surface area (Å²) in [6.45, 7) is 2.83. The van der Waals surface area contributed by atoms with E-state index in [2.05, 4.69) is 21.3 Å². The normalized spacial score (nSPS) is 12.8. The second-order valence-electron chi connectivity index (χ2n) is 10.1. The molecule has 2 atom stereocenters. The lowest BCUT2D eigenvalue weighted by Gasteiger charge is -2.23. The maximum absolute atomic E-state index is 13.2. The molecule has 1 aliphatic heterocycles. The summed E-state index contributed by atoms with van der Waals surface area (Å²) in [5.74, 6) is 0.241. The van der Waals surface area contributed by atoms with Crippen LogP contribution in [0.2, 0.25) is 0 Å². The first kappa shape index (κ1) is 33.1. The van der Waals surface area contributed by atoms with Crippen molar-refractivity contribution >= 4 is 35.3 Å². The summed E-state index contributed by atoms with van der Waals surface area (Å²) < 4.78 is 21.2. The number of unbranched alkanes of at least 4 members (excludes halogenated alkanes) is 1. The Morgan fingerprint density at radius 3 is 2.51 bits per heavy atom. The fourth-order valence-electron chi connectivity index (χ4n) is 4.54.